The van der Waals surface area contributed by atoms with Crippen molar-refractivity contribution in [1.29, 1.82) is 0 Å². The Morgan fingerprint density at radius 3 is 2.20 bits per heavy atom. The number of primary amides is 1. The van der Waals surface area contributed by atoms with Gasteiger partial charge in [0, 0.05) is 25.9 Å². The highest BCUT2D eigenvalue weighted by Gasteiger charge is 2.52. The van der Waals surface area contributed by atoms with Crippen LogP contribution >= 0.6 is 0 Å². The van der Waals surface area contributed by atoms with Gasteiger partial charge in [-0.3, -0.25) is 23.9 Å². The Balaban J connectivity index is 1.41. The number of aromatic nitrogens is 2. The summed E-state index contributed by atoms with van der Waals surface area (Å²) in [4.78, 5) is 51.3. The third kappa shape index (κ3) is 12.5. The number of aliphatic hydroxyl groups is 3. The molecule has 50 heavy (non-hydrogen) atoms. The fourth-order valence-electron chi connectivity index (χ4n) is 6.05. The van der Waals surface area contributed by atoms with E-state index >= 15 is 0 Å². The largest absolute Gasteiger partial charge is 0.456 e. The van der Waals surface area contributed by atoms with Gasteiger partial charge in [-0.2, -0.15) is 0 Å². The number of nitrogens with one attached hydrogen (secondary N) is 2. The number of H-pyrrole nitrogens is 1. The number of ether oxygens (including phenoxy) is 4. The van der Waals surface area contributed by atoms with Gasteiger partial charge in [-0.1, -0.05) is 76.9 Å². The molecule has 7 N–H and O–H groups in total. The van der Waals surface area contributed by atoms with Crippen molar-refractivity contribution < 1.29 is 43.9 Å². The third-order valence-electron chi connectivity index (χ3n) is 8.90. The molecule has 0 bridgehead atoms. The van der Waals surface area contributed by atoms with Gasteiger partial charge in [-0.25, -0.2) is 4.79 Å². The molecule has 282 valence electrons. The number of nitrogens with two attached hydrogens (primary N) is 1. The van der Waals surface area contributed by atoms with Crippen molar-refractivity contribution in [1.82, 2.24) is 14.9 Å². The normalized spacial score (nSPS) is 25.7. The minimum absolute atomic E-state index is 0.325. The summed E-state index contributed by atoms with van der Waals surface area (Å²) in [6.45, 7) is 2.60. The maximum atomic E-state index is 12.8. The number of aromatic amines is 1. The van der Waals surface area contributed by atoms with Crippen molar-refractivity contribution in [3.63, 3.8) is 0 Å². The van der Waals surface area contributed by atoms with E-state index in [1.165, 1.54) is 58.5 Å². The molecule has 15 heteroatoms. The van der Waals surface area contributed by atoms with Gasteiger partial charge < -0.3 is 45.3 Å². The van der Waals surface area contributed by atoms with Gasteiger partial charge in [0.05, 0.1) is 0 Å². The first-order valence-electron chi connectivity index (χ1n) is 17.9. The second kappa shape index (κ2) is 21.8. The highest BCUT2D eigenvalue weighted by Crippen LogP contribution is 2.34. The van der Waals surface area contributed by atoms with E-state index in [4.69, 9.17) is 24.7 Å². The summed E-state index contributed by atoms with van der Waals surface area (Å²) >= 11 is 0. The monoisotopic (exact) mass is 708 g/mol. The molecule has 1 fully saturated rings. The van der Waals surface area contributed by atoms with Crippen LogP contribution in [-0.2, 0) is 28.5 Å². The fraction of sp³-hybridized carbons (Fsp3) is 0.714. The first-order valence-corrected chi connectivity index (χ1v) is 17.9. The molecule has 8 atom stereocenters. The first-order chi connectivity index (χ1) is 24.1. The Morgan fingerprint density at radius 1 is 0.980 bits per heavy atom. The molecule has 1 aromatic heterocycles. The molecule has 0 spiro atoms. The SMILES string of the molecule is CCCCCCCCC=CCCCCCCCCNC(=O)C1=C[C@H](O)[C@H](O)[C@@H](O[C@@H](C(N)=O)[C@H]2O[C@@H](n3ccc(=O)[nH]c3=O)[C@H](O)[C@@H]2OC)O1. The second-order valence-corrected chi connectivity index (χ2v) is 12.9. The summed E-state index contributed by atoms with van der Waals surface area (Å²) in [6.07, 6.45) is 10.6. The van der Waals surface area contributed by atoms with E-state index in [9.17, 15) is 34.5 Å². The summed E-state index contributed by atoms with van der Waals surface area (Å²) in [5.41, 5.74) is 4.03. The molecule has 0 unspecified atom stereocenters. The lowest BCUT2D eigenvalue weighted by Gasteiger charge is -2.35. The van der Waals surface area contributed by atoms with E-state index in [1.54, 1.807) is 0 Å². The van der Waals surface area contributed by atoms with Crippen LogP contribution in [0.3, 0.4) is 0 Å². The number of hydrogen-bond donors (Lipinski definition) is 6. The molecule has 1 aromatic rings. The minimum atomic E-state index is -1.74. The molecular formula is C35H56N4O11. The molecule has 2 aliphatic heterocycles. The smallest absolute Gasteiger partial charge is 0.330 e. The predicted octanol–water partition coefficient (Wildman–Crippen LogP) is 1.80. The van der Waals surface area contributed by atoms with Crippen LogP contribution in [0.1, 0.15) is 103 Å². The molecule has 0 aromatic carbocycles. The van der Waals surface area contributed by atoms with E-state index in [2.05, 4.69) is 24.4 Å². The van der Waals surface area contributed by atoms with Crippen LogP contribution in [0.2, 0.25) is 0 Å². The average molecular weight is 709 g/mol. The lowest BCUT2D eigenvalue weighted by Crippen LogP contribution is -2.54. The zero-order valence-electron chi connectivity index (χ0n) is 29.2. The maximum Gasteiger partial charge on any atom is 0.330 e. The molecule has 3 heterocycles. The molecule has 1 saturated heterocycles. The van der Waals surface area contributed by atoms with Crippen molar-refractivity contribution >= 4 is 11.8 Å². The van der Waals surface area contributed by atoms with Crippen molar-refractivity contribution in [3.05, 3.63) is 57.1 Å². The number of carbonyl (C=O) groups is 2. The first kappa shape index (κ1) is 41.1. The van der Waals surface area contributed by atoms with Crippen LogP contribution in [-0.4, -0.2) is 93.3 Å². The lowest BCUT2D eigenvalue weighted by atomic mass is 10.0. The number of amides is 2. The van der Waals surface area contributed by atoms with Crippen LogP contribution in [0, 0.1) is 0 Å². The van der Waals surface area contributed by atoms with E-state index in [-0.39, 0.29) is 5.76 Å². The summed E-state index contributed by atoms with van der Waals surface area (Å²) in [5, 5.41) is 34.6. The van der Waals surface area contributed by atoms with Gasteiger partial charge in [0.25, 0.3) is 11.5 Å². The number of unbranched alkanes of at least 4 members (excludes halogenated alkanes) is 12. The topological polar surface area (TPSA) is 225 Å². The summed E-state index contributed by atoms with van der Waals surface area (Å²) in [5.74, 6) is -2.08. The number of rotatable bonds is 23. The maximum absolute atomic E-state index is 12.8. The standard InChI is InChI=1S/C35H56N4O11/c1-3-4-5-6-7-8-9-10-11-12-13-14-15-16-17-18-20-37-32(45)24-22-23(40)26(42)34(48-24)50-30(31(36)44)29-28(47-2)27(43)33(49-29)39-21-19-25(41)38-35(39)46/h10-11,19,21-23,26-30,33-34,40,42-43H,3-9,12-18,20H2,1-2H3,(H2,36,44)(H,37,45)(H,38,41,46)/t23-,26-,27+,28-,29-,30+,33+,34+/m0/s1. The van der Waals surface area contributed by atoms with Crippen molar-refractivity contribution in [3.8, 4) is 0 Å². The Kier molecular flexibility index (Phi) is 17.9. The molecule has 0 saturated carbocycles. The molecule has 15 nitrogen and oxygen atoms in total. The predicted molar refractivity (Wildman–Crippen MR) is 184 cm³/mol. The van der Waals surface area contributed by atoms with Crippen LogP contribution < -0.4 is 22.3 Å². The fourth-order valence-corrected chi connectivity index (χ4v) is 6.05. The molecular weight excluding hydrogens is 652 g/mol. The molecule has 2 amide bonds. The quantitative estimate of drug-likeness (QED) is 0.0710. The number of carbonyl (C=O) groups excluding carboxylic acids is 2. The van der Waals surface area contributed by atoms with Crippen LogP contribution in [0.15, 0.2) is 45.8 Å². The average Bonchev–Trinajstić information content (AvgIpc) is 3.41. The Labute approximate surface area is 292 Å². The van der Waals surface area contributed by atoms with Crippen molar-refractivity contribution in [2.75, 3.05) is 13.7 Å². The Bertz CT molecular complexity index is 1360. The van der Waals surface area contributed by atoms with Crippen LogP contribution in [0.25, 0.3) is 0 Å². The van der Waals surface area contributed by atoms with Crippen LogP contribution in [0.5, 0.6) is 0 Å². The molecule has 3 rings (SSSR count). The number of nitrogens with zero attached hydrogens (tertiary/aromatic N) is 1. The van der Waals surface area contributed by atoms with Gasteiger partial charge in [0.2, 0.25) is 12.2 Å². The summed E-state index contributed by atoms with van der Waals surface area (Å²) in [6, 6.07) is 1.04. The molecule has 0 aliphatic carbocycles. The van der Waals surface area contributed by atoms with E-state index in [0.29, 0.717) is 6.54 Å². The van der Waals surface area contributed by atoms with E-state index in [1.807, 2.05) is 4.98 Å². The van der Waals surface area contributed by atoms with Crippen LogP contribution in [0.4, 0.5) is 0 Å². The van der Waals surface area contributed by atoms with Gasteiger partial charge >= 0.3 is 5.69 Å². The van der Waals surface area contributed by atoms with Gasteiger partial charge in [0.15, 0.2) is 18.1 Å². The molecule has 0 radical (unpaired) electrons. The summed E-state index contributed by atoms with van der Waals surface area (Å²) < 4.78 is 23.2. The molecule has 2 aliphatic rings. The van der Waals surface area contributed by atoms with Gasteiger partial charge in [-0.15, -0.1) is 0 Å². The number of aliphatic hydroxyl groups excluding tert-OH is 3. The third-order valence-corrected chi connectivity index (χ3v) is 8.90. The minimum Gasteiger partial charge on any atom is -0.456 e. The number of methoxy groups -OCH3 is 1. The zero-order chi connectivity index (χ0) is 36.5. The highest BCUT2D eigenvalue weighted by molar-refractivity contribution is 5.91. The highest BCUT2D eigenvalue weighted by atomic mass is 16.7. The van der Waals surface area contributed by atoms with E-state index in [0.717, 1.165) is 61.4 Å². The van der Waals surface area contributed by atoms with Gasteiger partial charge in [0.1, 0.15) is 30.5 Å². The van der Waals surface area contributed by atoms with Gasteiger partial charge in [-0.05, 0) is 38.2 Å². The second-order valence-electron chi connectivity index (χ2n) is 12.9. The number of hydrogen-bond acceptors (Lipinski definition) is 11. The zero-order valence-corrected chi connectivity index (χ0v) is 29.2. The van der Waals surface area contributed by atoms with Crippen molar-refractivity contribution in [2.24, 2.45) is 5.73 Å². The van der Waals surface area contributed by atoms with E-state index < -0.39 is 72.2 Å². The Morgan fingerprint density at radius 2 is 1.60 bits per heavy atom. The number of allylic oxidation sites excluding steroid dienone is 2. The van der Waals surface area contributed by atoms with Crippen molar-refractivity contribution in [2.45, 2.75) is 146 Å². The Hall–Kier alpha value is -3.34. The lowest BCUT2D eigenvalue weighted by molar-refractivity contribution is -0.241. The summed E-state index contributed by atoms with van der Waals surface area (Å²) in [7, 11) is 1.22.